The highest BCUT2D eigenvalue weighted by Gasteiger charge is 2.40. The highest BCUT2D eigenvalue weighted by molar-refractivity contribution is 6.36. The highest BCUT2D eigenvalue weighted by Crippen LogP contribution is 2.44. The molecule has 36 heavy (non-hydrogen) atoms. The first-order chi connectivity index (χ1) is 17.2. The second-order valence-corrected chi connectivity index (χ2v) is 9.55. The Morgan fingerprint density at radius 1 is 1.06 bits per heavy atom. The topological polar surface area (TPSA) is 71.3 Å². The first kappa shape index (κ1) is 24.3. The lowest BCUT2D eigenvalue weighted by molar-refractivity contribution is -0.116. The Morgan fingerprint density at radius 2 is 1.81 bits per heavy atom. The van der Waals surface area contributed by atoms with Gasteiger partial charge in [0.1, 0.15) is 23.2 Å². The fraction of sp³-hybridized carbons (Fsp3) is 0.185. The summed E-state index contributed by atoms with van der Waals surface area (Å²) in [5, 5.41) is 6.70. The first-order valence-electron chi connectivity index (χ1n) is 11.3. The van der Waals surface area contributed by atoms with Gasteiger partial charge in [0.05, 0.1) is 22.2 Å². The second-order valence-electron chi connectivity index (χ2n) is 8.70. The van der Waals surface area contributed by atoms with Gasteiger partial charge in [0.25, 0.3) is 5.91 Å². The molecule has 0 spiro atoms. The third-order valence-corrected chi connectivity index (χ3v) is 6.82. The molecule has 2 heterocycles. The van der Waals surface area contributed by atoms with Crippen LogP contribution in [0.25, 0.3) is 11.3 Å². The Morgan fingerprint density at radius 3 is 2.56 bits per heavy atom. The molecule has 5 rings (SSSR count). The Balaban J connectivity index is 1.59. The molecule has 1 aliphatic carbocycles. The summed E-state index contributed by atoms with van der Waals surface area (Å²) in [6, 6.07) is 11.0. The number of nitrogens with one attached hydrogen (secondary N) is 2. The zero-order valence-electron chi connectivity index (χ0n) is 19.1. The zero-order chi connectivity index (χ0) is 25.6. The molecule has 2 aromatic carbocycles. The van der Waals surface area contributed by atoms with Gasteiger partial charge in [-0.1, -0.05) is 23.2 Å². The third-order valence-electron chi connectivity index (χ3n) is 6.26. The summed E-state index contributed by atoms with van der Waals surface area (Å²) in [5.74, 6) is -2.38. The Hall–Kier alpha value is -3.42. The number of Topliss-reactive ketones (excluding diaryl/α,β-unsaturated/α-hetero) is 1. The van der Waals surface area contributed by atoms with E-state index in [0.29, 0.717) is 52.0 Å². The average molecular weight is 529 g/mol. The molecule has 184 valence electrons. The van der Waals surface area contributed by atoms with E-state index in [4.69, 9.17) is 27.6 Å². The van der Waals surface area contributed by atoms with Crippen LogP contribution in [0, 0.1) is 11.6 Å². The van der Waals surface area contributed by atoms with Gasteiger partial charge in [-0.2, -0.15) is 0 Å². The van der Waals surface area contributed by atoms with Crippen LogP contribution in [0.2, 0.25) is 10.0 Å². The van der Waals surface area contributed by atoms with Crippen LogP contribution in [0.15, 0.2) is 75.5 Å². The largest absolute Gasteiger partial charge is 0.460 e. The van der Waals surface area contributed by atoms with E-state index in [0.717, 1.165) is 23.9 Å². The van der Waals surface area contributed by atoms with E-state index in [1.54, 1.807) is 31.2 Å². The van der Waals surface area contributed by atoms with E-state index < -0.39 is 23.5 Å². The van der Waals surface area contributed by atoms with Crippen molar-refractivity contribution >= 4 is 40.6 Å². The van der Waals surface area contributed by atoms with Gasteiger partial charge in [0, 0.05) is 40.0 Å². The van der Waals surface area contributed by atoms with Crippen LogP contribution in [0.3, 0.4) is 0 Å². The number of dihydropyridines is 1. The monoisotopic (exact) mass is 528 g/mol. The number of carbonyl (C=O) groups is 2. The van der Waals surface area contributed by atoms with Gasteiger partial charge in [0.2, 0.25) is 0 Å². The summed E-state index contributed by atoms with van der Waals surface area (Å²) in [7, 11) is 0. The molecule has 1 unspecified atom stereocenters. The predicted octanol–water partition coefficient (Wildman–Crippen LogP) is 7.14. The molecule has 1 aliphatic heterocycles. The van der Waals surface area contributed by atoms with E-state index in [1.165, 1.54) is 6.07 Å². The van der Waals surface area contributed by atoms with Crippen LogP contribution in [0.4, 0.5) is 14.5 Å². The van der Waals surface area contributed by atoms with Crippen molar-refractivity contribution in [1.29, 1.82) is 0 Å². The smallest absolute Gasteiger partial charge is 0.254 e. The molecule has 3 aromatic rings. The quantitative estimate of drug-likeness (QED) is 0.377. The maximum absolute atomic E-state index is 13.8. The van der Waals surface area contributed by atoms with E-state index in [9.17, 15) is 18.4 Å². The maximum Gasteiger partial charge on any atom is 0.254 e. The molecule has 5 nitrogen and oxygen atoms in total. The van der Waals surface area contributed by atoms with Gasteiger partial charge in [-0.3, -0.25) is 9.59 Å². The van der Waals surface area contributed by atoms with Crippen LogP contribution in [0.5, 0.6) is 0 Å². The normalized spacial score (nSPS) is 17.7. The minimum absolute atomic E-state index is 0.0953. The summed E-state index contributed by atoms with van der Waals surface area (Å²) >= 11 is 12.3. The van der Waals surface area contributed by atoms with Gasteiger partial charge in [-0.05, 0) is 62.2 Å². The van der Waals surface area contributed by atoms with E-state index >= 15 is 0 Å². The Bertz CT molecular complexity index is 1460. The van der Waals surface area contributed by atoms with Gasteiger partial charge in [-0.15, -0.1) is 0 Å². The molecule has 2 N–H and O–H groups in total. The number of carbonyl (C=O) groups excluding carboxylic acids is 2. The number of benzene rings is 2. The number of rotatable bonds is 4. The van der Waals surface area contributed by atoms with Gasteiger partial charge in [-0.25, -0.2) is 8.78 Å². The number of allylic oxidation sites excluding steroid dienone is 3. The summed E-state index contributed by atoms with van der Waals surface area (Å²) in [5.41, 5.74) is 2.53. The van der Waals surface area contributed by atoms with Crippen molar-refractivity contribution in [2.75, 3.05) is 5.32 Å². The molecule has 9 heteroatoms. The molecule has 1 atom stereocenters. The minimum Gasteiger partial charge on any atom is -0.460 e. The SMILES string of the molecule is CC1=C(C(=O)Nc2cc(Cl)ccc2Cl)C(c2ccc(-c3cc(F)cc(F)c3)o2)C2=C(CCCC2=O)N1. The molecular weight excluding hydrogens is 509 g/mol. The highest BCUT2D eigenvalue weighted by atomic mass is 35.5. The molecule has 1 aromatic heterocycles. The lowest BCUT2D eigenvalue weighted by Crippen LogP contribution is -2.35. The van der Waals surface area contributed by atoms with E-state index in [-0.39, 0.29) is 22.7 Å². The summed E-state index contributed by atoms with van der Waals surface area (Å²) < 4.78 is 33.7. The summed E-state index contributed by atoms with van der Waals surface area (Å²) in [4.78, 5) is 26.7. The lowest BCUT2D eigenvalue weighted by Gasteiger charge is -2.33. The summed E-state index contributed by atoms with van der Waals surface area (Å²) in [6.45, 7) is 1.75. The fourth-order valence-corrected chi connectivity index (χ4v) is 5.05. The second kappa shape index (κ2) is 9.56. The van der Waals surface area contributed by atoms with Gasteiger partial charge >= 0.3 is 0 Å². The third kappa shape index (κ3) is 4.56. The van der Waals surface area contributed by atoms with Crippen molar-refractivity contribution < 1.29 is 22.8 Å². The van der Waals surface area contributed by atoms with Crippen LogP contribution in [0.1, 0.15) is 37.9 Å². The molecule has 0 saturated heterocycles. The molecular formula is C27H20Cl2F2N2O3. The van der Waals surface area contributed by atoms with Crippen LogP contribution in [-0.4, -0.2) is 11.7 Å². The maximum atomic E-state index is 13.8. The average Bonchev–Trinajstić information content (AvgIpc) is 3.30. The lowest BCUT2D eigenvalue weighted by atomic mass is 9.77. The number of hydrogen-bond donors (Lipinski definition) is 2. The number of amides is 1. The predicted molar refractivity (Wildman–Crippen MR) is 134 cm³/mol. The number of hydrogen-bond acceptors (Lipinski definition) is 4. The Labute approximate surface area is 215 Å². The zero-order valence-corrected chi connectivity index (χ0v) is 20.6. The molecule has 0 bridgehead atoms. The van der Waals surface area contributed by atoms with Crippen LogP contribution in [-0.2, 0) is 9.59 Å². The van der Waals surface area contributed by atoms with E-state index in [1.807, 2.05) is 0 Å². The first-order valence-corrected chi connectivity index (χ1v) is 12.0. The van der Waals surface area contributed by atoms with Crippen molar-refractivity contribution in [2.45, 2.75) is 32.1 Å². The molecule has 2 aliphatic rings. The van der Waals surface area contributed by atoms with Crippen molar-refractivity contribution in [3.8, 4) is 11.3 Å². The number of ketones is 1. The minimum atomic E-state index is -0.820. The standard InChI is InChI=1S/C27H20Cl2F2N2O3/c1-13-24(27(35)33-20-11-15(28)5-6-18(20)29)26(25-19(32-13)3-2-4-21(25)34)23-8-7-22(36-23)14-9-16(30)12-17(31)10-14/h5-12,26,32H,2-4H2,1H3,(H,33,35). The van der Waals surface area contributed by atoms with Crippen LogP contribution < -0.4 is 10.6 Å². The van der Waals surface area contributed by atoms with Gasteiger partial charge in [0.15, 0.2) is 5.78 Å². The van der Waals surface area contributed by atoms with Crippen molar-refractivity contribution in [2.24, 2.45) is 0 Å². The van der Waals surface area contributed by atoms with Crippen molar-refractivity contribution in [3.05, 3.63) is 98.5 Å². The summed E-state index contributed by atoms with van der Waals surface area (Å²) in [6.07, 6.45) is 1.68. The molecule has 1 amide bonds. The van der Waals surface area contributed by atoms with Crippen molar-refractivity contribution in [1.82, 2.24) is 5.32 Å². The number of furan rings is 1. The van der Waals surface area contributed by atoms with Crippen molar-refractivity contribution in [3.63, 3.8) is 0 Å². The van der Waals surface area contributed by atoms with Crippen LogP contribution >= 0.6 is 23.2 Å². The number of anilines is 1. The van der Waals surface area contributed by atoms with Gasteiger partial charge < -0.3 is 15.1 Å². The molecule has 0 radical (unpaired) electrons. The fourth-order valence-electron chi connectivity index (χ4n) is 4.71. The molecule has 0 fully saturated rings. The Kier molecular flexibility index (Phi) is 6.45. The number of halogens is 4. The van der Waals surface area contributed by atoms with E-state index in [2.05, 4.69) is 10.6 Å². The molecule has 0 saturated carbocycles.